The molecule has 9 atom stereocenters. The molecule has 5 rings (SSSR count). The van der Waals surface area contributed by atoms with E-state index in [1.807, 2.05) is 0 Å². The summed E-state index contributed by atoms with van der Waals surface area (Å²) in [6.45, 7) is 13.8. The number of anilines is 1. The second kappa shape index (κ2) is 15.2. The van der Waals surface area contributed by atoms with Gasteiger partial charge in [-0.3, -0.25) is 14.4 Å². The number of esters is 1. The van der Waals surface area contributed by atoms with Crippen molar-refractivity contribution in [2.24, 2.45) is 17.8 Å². The third kappa shape index (κ3) is 7.70. The molecular weight excluding hydrogens is 690 g/mol. The first kappa shape index (κ1) is 41.4. The number of fused-ring (bicyclic) bond motifs is 14. The Morgan fingerprint density at radius 2 is 1.40 bits per heavy atom. The molecule has 0 radical (unpaired) electrons. The Kier molecular flexibility index (Phi) is 11.9. The van der Waals surface area contributed by atoms with Crippen molar-refractivity contribution >= 4 is 28.9 Å². The first-order valence-electron chi connectivity index (χ1n) is 17.3. The molecule has 3 heterocycles. The molecule has 0 saturated carbocycles. The molecule has 0 unspecified atom stereocenters. The molecule has 1 aliphatic carbocycles. The van der Waals surface area contributed by atoms with Crippen LogP contribution < -0.4 is 10.1 Å². The van der Waals surface area contributed by atoms with Gasteiger partial charge in [0.05, 0.1) is 41.2 Å². The lowest BCUT2D eigenvalue weighted by atomic mass is 9.75. The maximum atomic E-state index is 13.9. The minimum Gasteiger partial charge on any atom is -0.505 e. The highest BCUT2D eigenvalue weighted by molar-refractivity contribution is 6.21. The summed E-state index contributed by atoms with van der Waals surface area (Å²) in [5.41, 5.74) is -4.10. The Bertz CT molecular complexity index is 1850. The van der Waals surface area contributed by atoms with Gasteiger partial charge in [0.1, 0.15) is 28.5 Å². The van der Waals surface area contributed by atoms with E-state index < -0.39 is 76.8 Å². The number of Topliss-reactive ketones (excluding diaryl/α,β-unsaturated/α-hetero) is 1. The highest BCUT2D eigenvalue weighted by atomic mass is 16.7. The average molecular weight is 742 g/mol. The Labute approximate surface area is 308 Å². The zero-order valence-corrected chi connectivity index (χ0v) is 31.6. The number of aliphatic hydroxyl groups excluding tert-OH is 4. The smallest absolute Gasteiger partial charge is 0.308 e. The molecule has 53 heavy (non-hydrogen) atoms. The first-order valence-corrected chi connectivity index (χ1v) is 17.3. The lowest BCUT2D eigenvalue weighted by Gasteiger charge is -2.40. The van der Waals surface area contributed by atoms with Crippen molar-refractivity contribution in [3.8, 4) is 11.5 Å². The topological polar surface area (TPSA) is 233 Å². The van der Waals surface area contributed by atoms with Gasteiger partial charge >= 0.3 is 5.97 Å². The van der Waals surface area contributed by atoms with E-state index in [0.29, 0.717) is 0 Å². The van der Waals surface area contributed by atoms with Crippen molar-refractivity contribution in [1.29, 1.82) is 0 Å². The third-order valence-electron chi connectivity index (χ3n) is 10.5. The van der Waals surface area contributed by atoms with Crippen molar-refractivity contribution in [3.63, 3.8) is 0 Å². The molecule has 3 aliphatic heterocycles. The SMILES string of the molecule is CC(=O)Oc1c(C)c2c(O)c3c1C1=C(OCOC1=C(C)C3=O)/C(C)=C/[C@](C)(O)[C@@H](O)[C@@H](C)[C@@H](O)[C@H](C)[C@H](O)[C@H](C)[C@@H](O)[C@@](C)(O)/C=C\C=C(/C)C(=O)N2. The number of nitrogens with one attached hydrogen (secondary N) is 1. The highest BCUT2D eigenvalue weighted by Gasteiger charge is 2.45. The number of benzene rings is 1. The number of ether oxygens (including phenoxy) is 3. The van der Waals surface area contributed by atoms with Crippen molar-refractivity contribution in [2.75, 3.05) is 12.1 Å². The Hall–Kier alpha value is -4.31. The highest BCUT2D eigenvalue weighted by Crippen LogP contribution is 2.53. The molecule has 8 N–H and O–H groups in total. The summed E-state index contributed by atoms with van der Waals surface area (Å²) in [6.07, 6.45) is -0.838. The summed E-state index contributed by atoms with van der Waals surface area (Å²) in [6, 6.07) is 0. The summed E-state index contributed by atoms with van der Waals surface area (Å²) < 4.78 is 17.4. The Morgan fingerprint density at radius 1 is 0.849 bits per heavy atom. The van der Waals surface area contributed by atoms with Gasteiger partial charge in [0.2, 0.25) is 6.79 Å². The van der Waals surface area contributed by atoms with E-state index in [2.05, 4.69) is 5.32 Å². The monoisotopic (exact) mass is 741 g/mol. The second-order valence-electron chi connectivity index (χ2n) is 14.8. The van der Waals surface area contributed by atoms with Crippen LogP contribution in [0.4, 0.5) is 5.69 Å². The molecule has 4 aliphatic rings. The molecule has 0 aromatic heterocycles. The fourth-order valence-corrected chi connectivity index (χ4v) is 7.20. The molecular formula is C39H51NO13. The Balaban J connectivity index is 2.06. The molecule has 1 amide bonds. The summed E-state index contributed by atoms with van der Waals surface area (Å²) >= 11 is 0. The van der Waals surface area contributed by atoms with Crippen molar-refractivity contribution in [2.45, 2.75) is 105 Å². The zero-order chi connectivity index (χ0) is 40.1. The number of carbonyl (C=O) groups is 3. The Morgan fingerprint density at radius 3 is 1.96 bits per heavy atom. The quantitative estimate of drug-likeness (QED) is 0.118. The average Bonchev–Trinajstić information content (AvgIpc) is 3.09. The number of hydrogen-bond donors (Lipinski definition) is 8. The predicted octanol–water partition coefficient (Wildman–Crippen LogP) is 3.07. The van der Waals surface area contributed by atoms with E-state index in [0.717, 1.165) is 6.92 Å². The van der Waals surface area contributed by atoms with Gasteiger partial charge in [-0.05, 0) is 53.2 Å². The van der Waals surface area contributed by atoms with Crippen LogP contribution in [0, 0.1) is 24.7 Å². The van der Waals surface area contributed by atoms with Crippen LogP contribution in [0.15, 0.2) is 52.5 Å². The fraction of sp³-hybridized carbons (Fsp3) is 0.513. The van der Waals surface area contributed by atoms with Crippen LogP contribution in [-0.2, 0) is 19.1 Å². The lowest BCUT2D eigenvalue weighted by Crippen LogP contribution is -2.52. The largest absolute Gasteiger partial charge is 0.505 e. The first-order chi connectivity index (χ1) is 24.5. The van der Waals surface area contributed by atoms with Gasteiger partial charge in [0.15, 0.2) is 11.5 Å². The minimum absolute atomic E-state index is 0.0478. The number of phenolic OH excluding ortho intramolecular Hbond substituents is 1. The van der Waals surface area contributed by atoms with Crippen LogP contribution in [0.25, 0.3) is 5.57 Å². The van der Waals surface area contributed by atoms with Crippen molar-refractivity contribution in [1.82, 2.24) is 0 Å². The van der Waals surface area contributed by atoms with Crippen molar-refractivity contribution < 1.29 is 64.3 Å². The maximum Gasteiger partial charge on any atom is 0.308 e. The van der Waals surface area contributed by atoms with E-state index in [-0.39, 0.29) is 68.7 Å². The van der Waals surface area contributed by atoms with Gasteiger partial charge in [-0.25, -0.2) is 0 Å². The maximum absolute atomic E-state index is 13.9. The van der Waals surface area contributed by atoms with Crippen LogP contribution in [0.5, 0.6) is 11.5 Å². The van der Waals surface area contributed by atoms with Gasteiger partial charge in [-0.2, -0.15) is 0 Å². The fourth-order valence-electron chi connectivity index (χ4n) is 7.20. The summed E-state index contributed by atoms with van der Waals surface area (Å²) in [7, 11) is 0. The van der Waals surface area contributed by atoms with Crippen LogP contribution in [0.2, 0.25) is 0 Å². The third-order valence-corrected chi connectivity index (χ3v) is 10.5. The molecule has 0 fully saturated rings. The van der Waals surface area contributed by atoms with E-state index in [9.17, 15) is 50.1 Å². The number of amides is 1. The second-order valence-corrected chi connectivity index (χ2v) is 14.8. The van der Waals surface area contributed by atoms with Crippen LogP contribution in [0.3, 0.4) is 0 Å². The van der Waals surface area contributed by atoms with Gasteiger partial charge in [0.25, 0.3) is 5.91 Å². The molecule has 1 aromatic rings. The lowest BCUT2D eigenvalue weighted by molar-refractivity contribution is -0.132. The zero-order valence-electron chi connectivity index (χ0n) is 31.6. The molecule has 1 aromatic carbocycles. The molecule has 290 valence electrons. The number of aliphatic hydroxyl groups is 6. The van der Waals surface area contributed by atoms with Gasteiger partial charge in [-0.15, -0.1) is 0 Å². The van der Waals surface area contributed by atoms with E-state index in [1.54, 1.807) is 6.92 Å². The minimum atomic E-state index is -2.05. The van der Waals surface area contributed by atoms with E-state index in [4.69, 9.17) is 14.2 Å². The summed E-state index contributed by atoms with van der Waals surface area (Å²) in [5, 5.41) is 82.2. The van der Waals surface area contributed by atoms with Gasteiger partial charge < -0.3 is 55.3 Å². The summed E-state index contributed by atoms with van der Waals surface area (Å²) in [4.78, 5) is 39.9. The number of aromatic hydroxyl groups is 1. The van der Waals surface area contributed by atoms with Crippen LogP contribution in [-0.4, -0.2) is 95.8 Å². The predicted molar refractivity (Wildman–Crippen MR) is 193 cm³/mol. The van der Waals surface area contributed by atoms with Crippen LogP contribution >= 0.6 is 0 Å². The number of phenols is 1. The van der Waals surface area contributed by atoms with Crippen LogP contribution in [0.1, 0.15) is 83.8 Å². The molecule has 0 spiro atoms. The summed E-state index contributed by atoms with van der Waals surface area (Å²) in [5.74, 6) is -5.97. The molecule has 14 nitrogen and oxygen atoms in total. The number of rotatable bonds is 1. The van der Waals surface area contributed by atoms with Crippen molar-refractivity contribution in [3.05, 3.63) is 69.2 Å². The van der Waals surface area contributed by atoms with Gasteiger partial charge in [-0.1, -0.05) is 39.0 Å². The number of carbonyl (C=O) groups excluding carboxylic acids is 3. The normalized spacial score (nSPS) is 35.7. The van der Waals surface area contributed by atoms with E-state index >= 15 is 0 Å². The molecule has 4 bridgehead atoms. The van der Waals surface area contributed by atoms with Gasteiger partial charge in [0, 0.05) is 47.0 Å². The van der Waals surface area contributed by atoms with E-state index in [1.165, 1.54) is 79.7 Å². The number of hydrogen-bond acceptors (Lipinski definition) is 13. The number of ketones is 1. The number of allylic oxidation sites excluding steroid dienone is 5. The molecule has 14 heteroatoms. The molecule has 0 saturated heterocycles. The standard InChI is InChI=1S/C39H51NO13/c1-16-12-11-13-38(9,49)35(46)21(6)28(42)19(4)29(43)22(7)36(47)39(10,50)14-17(2)32-26-24-25(30(44)20(5)33(26)52-15-51-32)31(45)27(40-37(16)48)18(3)34(24)53-23(8)41/h11-14,19,21-22,28-29,35-36,42-43,45-47,49-50H,15H2,1-10H3,(H,40,48)/b13-11-,16-12+,17-14+/t19-,21+,22+,28+,29+,35-,36+,38+,39+/m1/s1.